The van der Waals surface area contributed by atoms with E-state index in [4.69, 9.17) is 21.8 Å². The number of anilines is 1. The summed E-state index contributed by atoms with van der Waals surface area (Å²) in [6.45, 7) is 0. The molecule has 0 saturated carbocycles. The third-order valence-electron chi connectivity index (χ3n) is 2.00. The molecular weight excluding hydrogens is 214 g/mol. The minimum absolute atomic E-state index is 0.188. The Hall–Kier alpha value is -1.74. The molecular formula is C11H8ClNO2. The lowest BCUT2D eigenvalue weighted by atomic mass is 10.1. The van der Waals surface area contributed by atoms with Gasteiger partial charge in [-0.15, -0.1) is 0 Å². The van der Waals surface area contributed by atoms with E-state index in [2.05, 4.69) is 0 Å². The largest absolute Gasteiger partial charge is 0.441 e. The van der Waals surface area contributed by atoms with Gasteiger partial charge in [-0.3, -0.25) is 4.79 Å². The van der Waals surface area contributed by atoms with Crippen molar-refractivity contribution in [1.29, 1.82) is 0 Å². The first-order chi connectivity index (χ1) is 7.18. The number of nitrogen functional groups attached to an aromatic ring is 1. The molecule has 76 valence electrons. The number of nitrogens with two attached hydrogens (primary N) is 1. The predicted octanol–water partition coefficient (Wildman–Crippen LogP) is 2.75. The lowest BCUT2D eigenvalue weighted by molar-refractivity contribution is 0.101. The minimum atomic E-state index is -0.264. The van der Waals surface area contributed by atoms with Crippen LogP contribution in [0.5, 0.6) is 0 Å². The summed E-state index contributed by atoms with van der Waals surface area (Å²) in [5.41, 5.74) is 6.52. The zero-order valence-corrected chi connectivity index (χ0v) is 8.49. The fraction of sp³-hybridized carbons (Fsp3) is 0. The van der Waals surface area contributed by atoms with Crippen molar-refractivity contribution in [3.63, 3.8) is 0 Å². The number of hydrogen-bond donors (Lipinski definition) is 1. The molecule has 2 aromatic rings. The highest BCUT2D eigenvalue weighted by atomic mass is 35.5. The van der Waals surface area contributed by atoms with E-state index in [-0.39, 0.29) is 16.8 Å². The Morgan fingerprint density at radius 1 is 1.20 bits per heavy atom. The van der Waals surface area contributed by atoms with Gasteiger partial charge in [0.15, 0.2) is 11.0 Å². The molecule has 2 rings (SSSR count). The highest BCUT2D eigenvalue weighted by molar-refractivity contribution is 6.29. The van der Waals surface area contributed by atoms with E-state index in [1.807, 2.05) is 0 Å². The molecule has 3 nitrogen and oxygen atoms in total. The van der Waals surface area contributed by atoms with E-state index < -0.39 is 0 Å². The molecule has 4 heteroatoms. The Morgan fingerprint density at radius 3 is 2.53 bits per heavy atom. The standard InChI is InChI=1S/C11H8ClNO2/c12-10-6-5-9(15-10)11(14)7-3-1-2-4-8(7)13/h1-6H,13H2. The first kappa shape index (κ1) is 9.80. The number of carbonyl (C=O) groups excluding carboxylic acids is 1. The van der Waals surface area contributed by atoms with Gasteiger partial charge < -0.3 is 10.2 Å². The summed E-state index contributed by atoms with van der Waals surface area (Å²) in [5, 5.41) is 0.188. The van der Waals surface area contributed by atoms with Crippen LogP contribution < -0.4 is 5.73 Å². The van der Waals surface area contributed by atoms with Crippen LogP contribution >= 0.6 is 11.6 Å². The van der Waals surface area contributed by atoms with Crippen molar-refractivity contribution in [2.45, 2.75) is 0 Å². The highest BCUT2D eigenvalue weighted by Crippen LogP contribution is 2.19. The predicted molar refractivity (Wildman–Crippen MR) is 58.0 cm³/mol. The Kier molecular flexibility index (Phi) is 2.47. The molecule has 0 spiro atoms. The van der Waals surface area contributed by atoms with Gasteiger partial charge in [0.25, 0.3) is 0 Å². The topological polar surface area (TPSA) is 56.2 Å². The van der Waals surface area contributed by atoms with Crippen molar-refractivity contribution in [2.75, 3.05) is 5.73 Å². The van der Waals surface area contributed by atoms with Crippen molar-refractivity contribution in [3.8, 4) is 0 Å². The van der Waals surface area contributed by atoms with E-state index in [0.717, 1.165) is 0 Å². The van der Waals surface area contributed by atoms with Gasteiger partial charge >= 0.3 is 0 Å². The summed E-state index contributed by atoms with van der Waals surface area (Å²) in [5.74, 6) is -0.0714. The summed E-state index contributed by atoms with van der Waals surface area (Å²) in [6, 6.07) is 9.87. The molecule has 0 aliphatic rings. The van der Waals surface area contributed by atoms with Crippen molar-refractivity contribution >= 4 is 23.1 Å². The fourth-order valence-electron chi connectivity index (χ4n) is 1.27. The molecule has 0 atom stereocenters. The Labute approximate surface area is 91.5 Å². The molecule has 0 aliphatic heterocycles. The van der Waals surface area contributed by atoms with E-state index in [0.29, 0.717) is 11.3 Å². The van der Waals surface area contributed by atoms with E-state index in [1.54, 1.807) is 24.3 Å². The molecule has 1 heterocycles. The Bertz CT molecular complexity index is 505. The van der Waals surface area contributed by atoms with E-state index >= 15 is 0 Å². The van der Waals surface area contributed by atoms with Crippen LogP contribution in [-0.2, 0) is 0 Å². The minimum Gasteiger partial charge on any atom is -0.441 e. The first-order valence-electron chi connectivity index (χ1n) is 4.33. The van der Waals surface area contributed by atoms with Crippen molar-refractivity contribution in [2.24, 2.45) is 0 Å². The van der Waals surface area contributed by atoms with Crippen LogP contribution in [0.1, 0.15) is 16.1 Å². The van der Waals surface area contributed by atoms with Gasteiger partial charge in [0, 0.05) is 11.3 Å². The molecule has 1 aromatic carbocycles. The van der Waals surface area contributed by atoms with Gasteiger partial charge in [0.05, 0.1) is 0 Å². The lowest BCUT2D eigenvalue weighted by Crippen LogP contribution is -2.03. The third kappa shape index (κ3) is 1.87. The maximum Gasteiger partial charge on any atom is 0.230 e. The average Bonchev–Trinajstić information content (AvgIpc) is 2.65. The second kappa shape index (κ2) is 3.79. The van der Waals surface area contributed by atoms with Gasteiger partial charge in [0.1, 0.15) is 0 Å². The summed E-state index contributed by atoms with van der Waals surface area (Å²) in [4.78, 5) is 11.8. The van der Waals surface area contributed by atoms with Crippen molar-refractivity contribution < 1.29 is 9.21 Å². The van der Waals surface area contributed by atoms with Crippen LogP contribution in [0, 0.1) is 0 Å². The molecule has 0 aliphatic carbocycles. The van der Waals surface area contributed by atoms with Crippen molar-refractivity contribution in [1.82, 2.24) is 0 Å². The van der Waals surface area contributed by atoms with Gasteiger partial charge in [0.2, 0.25) is 5.78 Å². The maximum absolute atomic E-state index is 11.8. The summed E-state index contributed by atoms with van der Waals surface area (Å²) >= 11 is 5.58. The normalized spacial score (nSPS) is 10.2. The van der Waals surface area contributed by atoms with E-state index in [1.165, 1.54) is 12.1 Å². The second-order valence-corrected chi connectivity index (χ2v) is 3.39. The van der Waals surface area contributed by atoms with Crippen molar-refractivity contribution in [3.05, 3.63) is 52.9 Å². The number of halogens is 1. The van der Waals surface area contributed by atoms with Crippen LogP contribution in [0.15, 0.2) is 40.8 Å². The maximum atomic E-state index is 11.8. The molecule has 0 radical (unpaired) electrons. The molecule has 0 fully saturated rings. The summed E-state index contributed by atoms with van der Waals surface area (Å²) in [6.07, 6.45) is 0. The molecule has 0 unspecified atom stereocenters. The smallest absolute Gasteiger partial charge is 0.230 e. The molecule has 0 saturated heterocycles. The van der Waals surface area contributed by atoms with Crippen LogP contribution in [0.3, 0.4) is 0 Å². The number of furan rings is 1. The molecule has 2 N–H and O–H groups in total. The monoisotopic (exact) mass is 221 g/mol. The number of ketones is 1. The Balaban J connectivity index is 2.41. The fourth-order valence-corrected chi connectivity index (χ4v) is 1.42. The van der Waals surface area contributed by atoms with Gasteiger partial charge in [-0.05, 0) is 35.9 Å². The second-order valence-electron chi connectivity index (χ2n) is 3.02. The number of hydrogen-bond acceptors (Lipinski definition) is 3. The SMILES string of the molecule is Nc1ccccc1C(=O)c1ccc(Cl)o1. The first-order valence-corrected chi connectivity index (χ1v) is 4.71. The number of para-hydroxylation sites is 1. The zero-order valence-electron chi connectivity index (χ0n) is 7.74. The average molecular weight is 222 g/mol. The van der Waals surface area contributed by atoms with Gasteiger partial charge in [-0.1, -0.05) is 12.1 Å². The summed E-state index contributed by atoms with van der Waals surface area (Å²) < 4.78 is 5.02. The van der Waals surface area contributed by atoms with Crippen LogP contribution in [0.2, 0.25) is 5.22 Å². The quantitative estimate of drug-likeness (QED) is 0.627. The molecule has 0 bridgehead atoms. The Morgan fingerprint density at radius 2 is 1.93 bits per heavy atom. The highest BCUT2D eigenvalue weighted by Gasteiger charge is 2.15. The lowest BCUT2D eigenvalue weighted by Gasteiger charge is -2.00. The number of carbonyl (C=O) groups is 1. The third-order valence-corrected chi connectivity index (χ3v) is 2.21. The van der Waals surface area contributed by atoms with E-state index in [9.17, 15) is 4.79 Å². The number of rotatable bonds is 2. The van der Waals surface area contributed by atoms with Gasteiger partial charge in [-0.25, -0.2) is 0 Å². The van der Waals surface area contributed by atoms with Crippen LogP contribution in [0.4, 0.5) is 5.69 Å². The molecule has 1 aromatic heterocycles. The zero-order chi connectivity index (χ0) is 10.8. The summed E-state index contributed by atoms with van der Waals surface area (Å²) in [7, 11) is 0. The van der Waals surface area contributed by atoms with Crippen LogP contribution in [-0.4, -0.2) is 5.78 Å². The van der Waals surface area contributed by atoms with Gasteiger partial charge in [-0.2, -0.15) is 0 Å². The van der Waals surface area contributed by atoms with Crippen LogP contribution in [0.25, 0.3) is 0 Å². The molecule has 15 heavy (non-hydrogen) atoms. The number of benzene rings is 1. The molecule has 0 amide bonds.